The molecule has 0 aliphatic heterocycles. The molecule has 0 saturated carbocycles. The minimum atomic E-state index is -0.155. The molecule has 1 nitrogen and oxygen atoms in total. The normalized spacial score (nSPS) is 12.8. The lowest BCUT2D eigenvalue weighted by atomic mass is 10.0. The average molecular weight is 331 g/mol. The zero-order valence-electron chi connectivity index (χ0n) is 9.63. The number of nitrogens with two attached hydrogens (primary N) is 1. The molecule has 0 aliphatic rings. The predicted molar refractivity (Wildman–Crippen MR) is 79.0 cm³/mol. The van der Waals surface area contributed by atoms with E-state index in [1.54, 1.807) is 11.3 Å². The molecule has 1 unspecified atom stereocenters. The standard InChI is InChI=1S/C13H13BrClNS/c1-7-5-9(10(15)6-8(7)2)13(16)11-3-4-12(14)17-11/h3-6,13H,16H2,1-2H3. The van der Waals surface area contributed by atoms with Gasteiger partial charge in [-0.2, -0.15) is 0 Å². The second-order valence-electron chi connectivity index (χ2n) is 4.08. The molecule has 0 radical (unpaired) electrons. The summed E-state index contributed by atoms with van der Waals surface area (Å²) in [4.78, 5) is 1.11. The number of benzene rings is 1. The van der Waals surface area contributed by atoms with Gasteiger partial charge in [0.15, 0.2) is 0 Å². The first-order valence-corrected chi connectivity index (χ1v) is 7.25. The fourth-order valence-electron chi connectivity index (χ4n) is 1.69. The maximum Gasteiger partial charge on any atom is 0.0702 e. The summed E-state index contributed by atoms with van der Waals surface area (Å²) in [6.07, 6.45) is 0. The summed E-state index contributed by atoms with van der Waals surface area (Å²) >= 11 is 11.4. The summed E-state index contributed by atoms with van der Waals surface area (Å²) in [6.45, 7) is 4.13. The second kappa shape index (κ2) is 5.11. The summed E-state index contributed by atoms with van der Waals surface area (Å²) in [5.74, 6) is 0. The summed E-state index contributed by atoms with van der Waals surface area (Å²) in [5.41, 5.74) is 9.66. The molecule has 1 aromatic carbocycles. The molecular weight excluding hydrogens is 318 g/mol. The SMILES string of the molecule is Cc1cc(Cl)c(C(N)c2ccc(Br)s2)cc1C. The Hall–Kier alpha value is -0.350. The van der Waals surface area contributed by atoms with E-state index in [4.69, 9.17) is 17.3 Å². The van der Waals surface area contributed by atoms with E-state index < -0.39 is 0 Å². The topological polar surface area (TPSA) is 26.0 Å². The number of aryl methyl sites for hydroxylation is 2. The molecule has 4 heteroatoms. The van der Waals surface area contributed by atoms with Crippen molar-refractivity contribution in [1.29, 1.82) is 0 Å². The van der Waals surface area contributed by atoms with Crippen LogP contribution in [0.1, 0.15) is 27.6 Å². The van der Waals surface area contributed by atoms with Crippen LogP contribution in [0.2, 0.25) is 5.02 Å². The van der Waals surface area contributed by atoms with Crippen LogP contribution >= 0.6 is 38.9 Å². The van der Waals surface area contributed by atoms with Gasteiger partial charge in [-0.05, 0) is 64.7 Å². The van der Waals surface area contributed by atoms with E-state index in [1.165, 1.54) is 11.1 Å². The molecule has 90 valence electrons. The Morgan fingerprint density at radius 3 is 2.47 bits per heavy atom. The molecule has 2 aromatic rings. The average Bonchev–Trinajstić information content (AvgIpc) is 2.69. The van der Waals surface area contributed by atoms with Crippen LogP contribution in [-0.2, 0) is 0 Å². The van der Waals surface area contributed by atoms with E-state index in [1.807, 2.05) is 18.2 Å². The minimum Gasteiger partial charge on any atom is -0.320 e. The zero-order valence-corrected chi connectivity index (χ0v) is 12.8. The van der Waals surface area contributed by atoms with Crippen molar-refractivity contribution in [1.82, 2.24) is 0 Å². The van der Waals surface area contributed by atoms with Crippen molar-refractivity contribution in [3.63, 3.8) is 0 Å². The lowest BCUT2D eigenvalue weighted by Gasteiger charge is -2.14. The molecule has 2 N–H and O–H groups in total. The van der Waals surface area contributed by atoms with Gasteiger partial charge in [-0.1, -0.05) is 17.7 Å². The third-order valence-electron chi connectivity index (χ3n) is 2.85. The molecule has 1 atom stereocenters. The van der Waals surface area contributed by atoms with Crippen molar-refractivity contribution in [2.75, 3.05) is 0 Å². The fraction of sp³-hybridized carbons (Fsp3) is 0.231. The van der Waals surface area contributed by atoms with Crippen LogP contribution in [0.25, 0.3) is 0 Å². The van der Waals surface area contributed by atoms with E-state index in [9.17, 15) is 0 Å². The van der Waals surface area contributed by atoms with Crippen LogP contribution in [0.15, 0.2) is 28.1 Å². The highest BCUT2D eigenvalue weighted by Gasteiger charge is 2.15. The van der Waals surface area contributed by atoms with Gasteiger partial charge in [-0.25, -0.2) is 0 Å². The predicted octanol–water partition coefficient (Wildman–Crippen LogP) is 4.83. The first kappa shape index (κ1) is 13.1. The Morgan fingerprint density at radius 2 is 1.88 bits per heavy atom. The van der Waals surface area contributed by atoms with E-state index >= 15 is 0 Å². The molecule has 0 saturated heterocycles. The zero-order chi connectivity index (χ0) is 12.6. The van der Waals surface area contributed by atoms with Gasteiger partial charge in [0.25, 0.3) is 0 Å². The van der Waals surface area contributed by atoms with Crippen LogP contribution in [0.5, 0.6) is 0 Å². The minimum absolute atomic E-state index is 0.155. The van der Waals surface area contributed by atoms with Gasteiger partial charge in [0.1, 0.15) is 0 Å². The number of rotatable bonds is 2. The molecule has 1 aromatic heterocycles. The number of halogens is 2. The molecule has 0 amide bonds. The number of hydrogen-bond acceptors (Lipinski definition) is 2. The van der Waals surface area contributed by atoms with Gasteiger partial charge in [-0.3, -0.25) is 0 Å². The van der Waals surface area contributed by atoms with Crippen molar-refractivity contribution in [3.05, 3.63) is 54.6 Å². The lowest BCUT2D eigenvalue weighted by molar-refractivity contribution is 0.890. The molecule has 0 bridgehead atoms. The fourth-order valence-corrected chi connectivity index (χ4v) is 3.47. The first-order valence-electron chi connectivity index (χ1n) is 5.26. The van der Waals surface area contributed by atoms with E-state index in [0.717, 1.165) is 19.2 Å². The highest BCUT2D eigenvalue weighted by Crippen LogP contribution is 2.33. The molecule has 0 aliphatic carbocycles. The second-order valence-corrected chi connectivity index (χ2v) is 6.98. The third-order valence-corrected chi connectivity index (χ3v) is 4.88. The van der Waals surface area contributed by atoms with E-state index in [0.29, 0.717) is 0 Å². The maximum atomic E-state index is 6.27. The van der Waals surface area contributed by atoms with Gasteiger partial charge in [0.2, 0.25) is 0 Å². The number of thiophene rings is 1. The molecule has 2 rings (SSSR count). The lowest BCUT2D eigenvalue weighted by Crippen LogP contribution is -2.11. The van der Waals surface area contributed by atoms with Gasteiger partial charge < -0.3 is 5.73 Å². The number of hydrogen-bond donors (Lipinski definition) is 1. The Morgan fingerprint density at radius 1 is 1.24 bits per heavy atom. The van der Waals surface area contributed by atoms with E-state index in [-0.39, 0.29) is 6.04 Å². The van der Waals surface area contributed by atoms with Crippen LogP contribution in [0.4, 0.5) is 0 Å². The largest absolute Gasteiger partial charge is 0.320 e. The Balaban J connectivity index is 2.43. The highest BCUT2D eigenvalue weighted by molar-refractivity contribution is 9.11. The van der Waals surface area contributed by atoms with Crippen LogP contribution in [0, 0.1) is 13.8 Å². The van der Waals surface area contributed by atoms with Gasteiger partial charge in [0.05, 0.1) is 9.83 Å². The Kier molecular flexibility index (Phi) is 3.93. The van der Waals surface area contributed by atoms with Crippen molar-refractivity contribution in [2.24, 2.45) is 5.73 Å². The highest BCUT2D eigenvalue weighted by atomic mass is 79.9. The Labute approximate surface area is 119 Å². The smallest absolute Gasteiger partial charge is 0.0702 e. The van der Waals surface area contributed by atoms with Crippen molar-refractivity contribution in [3.8, 4) is 0 Å². The van der Waals surface area contributed by atoms with Gasteiger partial charge in [0, 0.05) is 9.90 Å². The molecule has 1 heterocycles. The van der Waals surface area contributed by atoms with Gasteiger partial charge in [-0.15, -0.1) is 11.3 Å². The quantitative estimate of drug-likeness (QED) is 0.838. The molecule has 17 heavy (non-hydrogen) atoms. The molecular formula is C13H13BrClNS. The monoisotopic (exact) mass is 329 g/mol. The summed E-state index contributed by atoms with van der Waals surface area (Å²) < 4.78 is 1.09. The van der Waals surface area contributed by atoms with Crippen LogP contribution in [0.3, 0.4) is 0 Å². The summed E-state index contributed by atoms with van der Waals surface area (Å²) in [7, 11) is 0. The molecule has 0 spiro atoms. The third kappa shape index (κ3) is 2.74. The van der Waals surface area contributed by atoms with E-state index in [2.05, 4.69) is 35.8 Å². The van der Waals surface area contributed by atoms with Crippen molar-refractivity contribution >= 4 is 38.9 Å². The first-order chi connectivity index (χ1) is 7.99. The van der Waals surface area contributed by atoms with Crippen molar-refractivity contribution < 1.29 is 0 Å². The van der Waals surface area contributed by atoms with Crippen LogP contribution < -0.4 is 5.73 Å². The van der Waals surface area contributed by atoms with Gasteiger partial charge >= 0.3 is 0 Å². The summed E-state index contributed by atoms with van der Waals surface area (Å²) in [5, 5.41) is 0.741. The Bertz CT molecular complexity index is 550. The van der Waals surface area contributed by atoms with Crippen LogP contribution in [-0.4, -0.2) is 0 Å². The molecule has 0 fully saturated rings. The summed E-state index contributed by atoms with van der Waals surface area (Å²) in [6, 6.07) is 7.95. The van der Waals surface area contributed by atoms with Crippen molar-refractivity contribution in [2.45, 2.75) is 19.9 Å². The maximum absolute atomic E-state index is 6.27.